The van der Waals surface area contributed by atoms with Crippen LogP contribution in [0.15, 0.2) is 23.3 Å². The van der Waals surface area contributed by atoms with Crippen LogP contribution in [0.25, 0.3) is 0 Å². The van der Waals surface area contributed by atoms with Gasteiger partial charge in [-0.2, -0.15) is 0 Å². The number of hydrogen-bond acceptors (Lipinski definition) is 5. The zero-order valence-electron chi connectivity index (χ0n) is 16.6. The molecule has 0 unspecified atom stereocenters. The van der Waals surface area contributed by atoms with E-state index in [1.165, 1.54) is 12.8 Å². The van der Waals surface area contributed by atoms with Gasteiger partial charge >= 0.3 is 0 Å². The summed E-state index contributed by atoms with van der Waals surface area (Å²) >= 11 is 0. The van der Waals surface area contributed by atoms with Crippen LogP contribution >= 0.6 is 24.0 Å². The molecule has 2 heterocycles. The second-order valence-electron chi connectivity index (χ2n) is 6.30. The smallest absolute Gasteiger partial charge is 0.191 e. The van der Waals surface area contributed by atoms with E-state index in [-0.39, 0.29) is 24.0 Å². The topological polar surface area (TPSA) is 71.0 Å². The Morgan fingerprint density at radius 2 is 2.00 bits per heavy atom. The minimum absolute atomic E-state index is 0. The highest BCUT2D eigenvalue weighted by Gasteiger charge is 2.12. The quantitative estimate of drug-likeness (QED) is 0.215. The number of nitrogens with one attached hydrogen (secondary N) is 2. The number of methoxy groups -OCH3 is 1. The van der Waals surface area contributed by atoms with Crippen molar-refractivity contribution < 1.29 is 9.47 Å². The summed E-state index contributed by atoms with van der Waals surface area (Å²) in [5.74, 6) is 1.90. The Morgan fingerprint density at radius 3 is 2.67 bits per heavy atom. The highest BCUT2D eigenvalue weighted by molar-refractivity contribution is 14.0. The average Bonchev–Trinajstić information content (AvgIpc) is 3.20. The van der Waals surface area contributed by atoms with Crippen LogP contribution in [0.4, 0.5) is 5.82 Å². The number of ether oxygens (including phenoxy) is 2. The molecular weight excluding hydrogens is 457 g/mol. The number of pyridine rings is 1. The van der Waals surface area contributed by atoms with Gasteiger partial charge in [0, 0.05) is 46.1 Å². The second-order valence-corrected chi connectivity index (χ2v) is 6.30. The molecule has 1 aromatic rings. The number of aromatic nitrogens is 1. The van der Waals surface area contributed by atoms with E-state index in [9.17, 15) is 0 Å². The standard InChI is InChI=1S/C19H33N5O2.HI/c1-3-20-19(21-9-6-12-26-14-13-25-2)23-16-17-7-8-18(22-15-17)24-10-4-5-11-24;/h7-8,15H,3-6,9-14,16H2,1-2H3,(H2,20,21,23);1H. The lowest BCUT2D eigenvalue weighted by atomic mass is 10.3. The van der Waals surface area contributed by atoms with Gasteiger partial charge in [0.2, 0.25) is 0 Å². The first-order chi connectivity index (χ1) is 12.8. The highest BCUT2D eigenvalue weighted by atomic mass is 127. The van der Waals surface area contributed by atoms with E-state index in [2.05, 4.69) is 44.6 Å². The summed E-state index contributed by atoms with van der Waals surface area (Å²) in [5, 5.41) is 6.61. The molecule has 1 aliphatic rings. The average molecular weight is 491 g/mol. The first kappa shape index (κ1) is 23.9. The lowest BCUT2D eigenvalue weighted by Crippen LogP contribution is -2.38. The summed E-state index contributed by atoms with van der Waals surface area (Å²) < 4.78 is 10.4. The Balaban J connectivity index is 0.00000364. The molecule has 1 saturated heterocycles. The number of nitrogens with zero attached hydrogens (tertiary/aromatic N) is 3. The molecule has 1 aliphatic heterocycles. The van der Waals surface area contributed by atoms with Crippen LogP contribution in [0.3, 0.4) is 0 Å². The Bertz CT molecular complexity index is 521. The van der Waals surface area contributed by atoms with Gasteiger partial charge in [-0.1, -0.05) is 6.07 Å². The van der Waals surface area contributed by atoms with Gasteiger partial charge in [0.15, 0.2) is 5.96 Å². The number of guanidine groups is 1. The van der Waals surface area contributed by atoms with Crippen molar-refractivity contribution in [3.63, 3.8) is 0 Å². The maximum atomic E-state index is 5.46. The van der Waals surface area contributed by atoms with Gasteiger partial charge in [-0.25, -0.2) is 9.98 Å². The number of anilines is 1. The molecule has 8 heteroatoms. The first-order valence-electron chi connectivity index (χ1n) is 9.62. The molecular formula is C19H34IN5O2. The van der Waals surface area contributed by atoms with E-state index in [0.717, 1.165) is 56.5 Å². The van der Waals surface area contributed by atoms with E-state index in [1.807, 2.05) is 6.20 Å². The van der Waals surface area contributed by atoms with Gasteiger partial charge < -0.3 is 25.0 Å². The van der Waals surface area contributed by atoms with Crippen molar-refractivity contribution in [1.82, 2.24) is 15.6 Å². The van der Waals surface area contributed by atoms with E-state index < -0.39 is 0 Å². The molecule has 2 rings (SSSR count). The molecule has 0 saturated carbocycles. The number of rotatable bonds is 11. The van der Waals surface area contributed by atoms with Crippen LogP contribution in [0.5, 0.6) is 0 Å². The maximum Gasteiger partial charge on any atom is 0.191 e. The number of halogens is 1. The monoisotopic (exact) mass is 491 g/mol. The molecule has 1 fully saturated rings. The van der Waals surface area contributed by atoms with Crippen molar-refractivity contribution in [2.45, 2.75) is 32.7 Å². The van der Waals surface area contributed by atoms with E-state index in [0.29, 0.717) is 19.8 Å². The largest absolute Gasteiger partial charge is 0.382 e. The summed E-state index contributed by atoms with van der Waals surface area (Å²) in [6.07, 6.45) is 5.40. The van der Waals surface area contributed by atoms with Crippen molar-refractivity contribution in [2.24, 2.45) is 4.99 Å². The highest BCUT2D eigenvalue weighted by Crippen LogP contribution is 2.17. The van der Waals surface area contributed by atoms with E-state index in [4.69, 9.17) is 9.47 Å². The Morgan fingerprint density at radius 1 is 1.19 bits per heavy atom. The molecule has 1 aromatic heterocycles. The normalized spacial score (nSPS) is 14.1. The van der Waals surface area contributed by atoms with E-state index >= 15 is 0 Å². The zero-order chi connectivity index (χ0) is 18.5. The predicted octanol–water partition coefficient (Wildman–Crippen LogP) is 2.41. The van der Waals surface area contributed by atoms with Gasteiger partial charge in [-0.3, -0.25) is 0 Å². The number of hydrogen-bond donors (Lipinski definition) is 2. The summed E-state index contributed by atoms with van der Waals surface area (Å²) in [6.45, 7) is 8.59. The van der Waals surface area contributed by atoms with Crippen molar-refractivity contribution in [3.8, 4) is 0 Å². The first-order valence-corrected chi connectivity index (χ1v) is 9.62. The second kappa shape index (κ2) is 14.9. The van der Waals surface area contributed by atoms with Crippen LogP contribution in [0.2, 0.25) is 0 Å². The van der Waals surface area contributed by atoms with Crippen molar-refractivity contribution in [3.05, 3.63) is 23.9 Å². The summed E-state index contributed by atoms with van der Waals surface area (Å²) in [4.78, 5) is 11.6. The SMILES string of the molecule is CCNC(=NCc1ccc(N2CCCC2)nc1)NCCCOCCOC.I. The summed E-state index contributed by atoms with van der Waals surface area (Å²) in [6, 6.07) is 4.23. The Kier molecular flexibility index (Phi) is 13.2. The molecule has 0 spiro atoms. The summed E-state index contributed by atoms with van der Waals surface area (Å²) in [7, 11) is 1.68. The molecule has 2 N–H and O–H groups in total. The molecule has 7 nitrogen and oxygen atoms in total. The minimum atomic E-state index is 0. The van der Waals surface area contributed by atoms with Gasteiger partial charge in [0.1, 0.15) is 5.82 Å². The van der Waals surface area contributed by atoms with Crippen molar-refractivity contribution >= 4 is 35.8 Å². The molecule has 0 bridgehead atoms. The third-order valence-corrected chi connectivity index (χ3v) is 4.19. The predicted molar refractivity (Wildman–Crippen MR) is 121 cm³/mol. The molecule has 0 radical (unpaired) electrons. The molecule has 154 valence electrons. The van der Waals surface area contributed by atoms with Crippen LogP contribution in [-0.2, 0) is 16.0 Å². The van der Waals surface area contributed by atoms with Crippen molar-refractivity contribution in [1.29, 1.82) is 0 Å². The maximum absolute atomic E-state index is 5.46. The van der Waals surface area contributed by atoms with Crippen LogP contribution in [0.1, 0.15) is 31.7 Å². The third-order valence-electron chi connectivity index (χ3n) is 4.19. The Hall–Kier alpha value is -1.13. The molecule has 0 atom stereocenters. The van der Waals surface area contributed by atoms with Crippen molar-refractivity contribution in [2.75, 3.05) is 58.0 Å². The minimum Gasteiger partial charge on any atom is -0.382 e. The lowest BCUT2D eigenvalue weighted by Gasteiger charge is -2.16. The van der Waals surface area contributed by atoms with Crippen LogP contribution in [0, 0.1) is 0 Å². The fourth-order valence-corrected chi connectivity index (χ4v) is 2.78. The molecule has 0 aliphatic carbocycles. The third kappa shape index (κ3) is 9.57. The molecule has 27 heavy (non-hydrogen) atoms. The molecule has 0 amide bonds. The fraction of sp³-hybridized carbons (Fsp3) is 0.684. The van der Waals surface area contributed by atoms with Crippen LogP contribution < -0.4 is 15.5 Å². The number of aliphatic imine (C=N–C) groups is 1. The van der Waals surface area contributed by atoms with Gasteiger partial charge in [-0.05, 0) is 37.8 Å². The van der Waals surface area contributed by atoms with Gasteiger partial charge in [-0.15, -0.1) is 24.0 Å². The van der Waals surface area contributed by atoms with E-state index in [1.54, 1.807) is 7.11 Å². The van der Waals surface area contributed by atoms with Crippen LogP contribution in [-0.4, -0.2) is 64.1 Å². The zero-order valence-corrected chi connectivity index (χ0v) is 18.9. The van der Waals surface area contributed by atoms with Gasteiger partial charge in [0.05, 0.1) is 19.8 Å². The Labute approximate surface area is 180 Å². The fourth-order valence-electron chi connectivity index (χ4n) is 2.78. The summed E-state index contributed by atoms with van der Waals surface area (Å²) in [5.41, 5.74) is 1.12. The molecule has 0 aromatic carbocycles. The van der Waals surface area contributed by atoms with Gasteiger partial charge in [0.25, 0.3) is 0 Å². The lowest BCUT2D eigenvalue weighted by molar-refractivity contribution is 0.0698.